The molecule has 156 valence electrons. The number of rotatable bonds is 8. The van der Waals surface area contributed by atoms with Crippen LogP contribution in [0.1, 0.15) is 51.9 Å². The highest BCUT2D eigenvalue weighted by Crippen LogP contribution is 2.32. The van der Waals surface area contributed by atoms with Crippen LogP contribution < -0.4 is 22.1 Å². The van der Waals surface area contributed by atoms with Gasteiger partial charge >= 0.3 is 0 Å². The molecule has 1 fully saturated rings. The molecule has 0 aliphatic heterocycles. The summed E-state index contributed by atoms with van der Waals surface area (Å²) in [5.74, 6) is -2.86. The van der Waals surface area contributed by atoms with Gasteiger partial charge in [-0.1, -0.05) is 24.5 Å². The van der Waals surface area contributed by atoms with Crippen molar-refractivity contribution in [2.45, 2.75) is 51.9 Å². The lowest BCUT2D eigenvalue weighted by atomic mass is 9.77. The smallest absolute Gasteiger partial charge is 0.224 e. The Bertz CT molecular complexity index is 646. The van der Waals surface area contributed by atoms with Gasteiger partial charge in [-0.3, -0.25) is 19.2 Å². The Labute approximate surface area is 165 Å². The van der Waals surface area contributed by atoms with E-state index in [-0.39, 0.29) is 23.7 Å². The third kappa shape index (κ3) is 5.56. The maximum absolute atomic E-state index is 12.5. The van der Waals surface area contributed by atoms with E-state index < -0.39 is 23.7 Å². The maximum Gasteiger partial charge on any atom is 0.224 e. The van der Waals surface area contributed by atoms with Crippen LogP contribution in [0.3, 0.4) is 0 Å². The molecule has 8 heteroatoms. The van der Waals surface area contributed by atoms with E-state index >= 15 is 0 Å². The molecule has 0 heterocycles. The van der Waals surface area contributed by atoms with Crippen LogP contribution in [0.25, 0.3) is 0 Å². The summed E-state index contributed by atoms with van der Waals surface area (Å²) < 4.78 is 0. The summed E-state index contributed by atoms with van der Waals surface area (Å²) in [5.41, 5.74) is 11.9. The van der Waals surface area contributed by atoms with Gasteiger partial charge in [0.1, 0.15) is 0 Å². The molecule has 2 rings (SSSR count). The second kappa shape index (κ2) is 10.2. The van der Waals surface area contributed by atoms with Crippen LogP contribution in [-0.2, 0) is 19.2 Å². The number of carbonyl (C=O) groups excluding carboxylic acids is 4. The first-order valence-electron chi connectivity index (χ1n) is 10.2. The van der Waals surface area contributed by atoms with Crippen molar-refractivity contribution in [2.75, 3.05) is 13.1 Å². The van der Waals surface area contributed by atoms with Gasteiger partial charge in [-0.05, 0) is 39.0 Å². The average Bonchev–Trinajstić information content (AvgIpc) is 2.67. The van der Waals surface area contributed by atoms with Crippen molar-refractivity contribution < 1.29 is 19.2 Å². The lowest BCUT2D eigenvalue weighted by molar-refractivity contribution is -0.134. The number of hydrogen-bond acceptors (Lipinski definition) is 4. The van der Waals surface area contributed by atoms with Crippen molar-refractivity contribution in [3.05, 3.63) is 11.6 Å². The topological polar surface area (TPSA) is 144 Å². The second-order valence-electron chi connectivity index (χ2n) is 7.75. The molecular weight excluding hydrogens is 360 g/mol. The van der Waals surface area contributed by atoms with Gasteiger partial charge < -0.3 is 22.1 Å². The monoisotopic (exact) mass is 392 g/mol. The number of allylic oxidation sites excluding steroid dienone is 1. The standard InChI is InChI=1S/C20H32N4O4/c1-2-23-20(28)16-11-12(7-8-14(16)18(22)26)9-10-24-19(27)15-6-4-3-5-13(15)17(21)25/h7,13-16H,2-6,8-11H2,1H3,(H2,21,25)(H2,22,26)(H,23,28)(H,24,27). The summed E-state index contributed by atoms with van der Waals surface area (Å²) in [7, 11) is 0. The van der Waals surface area contributed by atoms with Crippen LogP contribution in [0.15, 0.2) is 11.6 Å². The molecule has 4 amide bonds. The first-order valence-corrected chi connectivity index (χ1v) is 10.2. The van der Waals surface area contributed by atoms with E-state index in [1.165, 1.54) is 0 Å². The SMILES string of the molecule is CCNC(=O)C1CC(CCNC(=O)C2CCCCC2C(N)=O)=CCC1C(N)=O. The highest BCUT2D eigenvalue weighted by Gasteiger charge is 2.36. The third-order valence-electron chi connectivity index (χ3n) is 5.90. The molecule has 0 bridgehead atoms. The van der Waals surface area contributed by atoms with Crippen LogP contribution in [0.5, 0.6) is 0 Å². The van der Waals surface area contributed by atoms with Gasteiger partial charge in [-0.2, -0.15) is 0 Å². The number of carbonyl (C=O) groups is 4. The first kappa shape index (κ1) is 21.9. The Morgan fingerprint density at radius 2 is 1.54 bits per heavy atom. The fraction of sp³-hybridized carbons (Fsp3) is 0.700. The van der Waals surface area contributed by atoms with E-state index in [0.717, 1.165) is 18.4 Å². The largest absolute Gasteiger partial charge is 0.369 e. The van der Waals surface area contributed by atoms with Crippen LogP contribution >= 0.6 is 0 Å². The van der Waals surface area contributed by atoms with Gasteiger partial charge in [0.25, 0.3) is 0 Å². The van der Waals surface area contributed by atoms with Gasteiger partial charge in [-0.25, -0.2) is 0 Å². The minimum absolute atomic E-state index is 0.129. The summed E-state index contributed by atoms with van der Waals surface area (Å²) in [4.78, 5) is 48.0. The summed E-state index contributed by atoms with van der Waals surface area (Å²) >= 11 is 0. The first-order chi connectivity index (χ1) is 13.3. The molecule has 1 saturated carbocycles. The molecule has 0 spiro atoms. The Morgan fingerprint density at radius 3 is 2.14 bits per heavy atom. The van der Waals surface area contributed by atoms with Crippen molar-refractivity contribution in [2.24, 2.45) is 35.1 Å². The molecular formula is C20H32N4O4. The average molecular weight is 393 g/mol. The molecule has 4 atom stereocenters. The van der Waals surface area contributed by atoms with E-state index in [4.69, 9.17) is 11.5 Å². The number of nitrogens with two attached hydrogens (primary N) is 2. The number of nitrogens with one attached hydrogen (secondary N) is 2. The molecule has 28 heavy (non-hydrogen) atoms. The van der Waals surface area contributed by atoms with Gasteiger partial charge in [0.2, 0.25) is 23.6 Å². The molecule has 4 unspecified atom stereocenters. The van der Waals surface area contributed by atoms with E-state index in [0.29, 0.717) is 45.2 Å². The van der Waals surface area contributed by atoms with Crippen molar-refractivity contribution in [1.29, 1.82) is 0 Å². The van der Waals surface area contributed by atoms with Gasteiger partial charge in [-0.15, -0.1) is 0 Å². The van der Waals surface area contributed by atoms with E-state index in [1.807, 2.05) is 13.0 Å². The van der Waals surface area contributed by atoms with Crippen molar-refractivity contribution in [3.63, 3.8) is 0 Å². The summed E-state index contributed by atoms with van der Waals surface area (Å²) in [6.07, 6.45) is 6.64. The fourth-order valence-electron chi connectivity index (χ4n) is 4.33. The molecule has 0 saturated heterocycles. The van der Waals surface area contributed by atoms with Crippen LogP contribution in [0.4, 0.5) is 0 Å². The molecule has 6 N–H and O–H groups in total. The zero-order chi connectivity index (χ0) is 20.7. The normalized spacial score (nSPS) is 27.4. The molecule has 0 radical (unpaired) electrons. The van der Waals surface area contributed by atoms with Crippen LogP contribution in [0.2, 0.25) is 0 Å². The number of primary amides is 2. The summed E-state index contributed by atoms with van der Waals surface area (Å²) in [6, 6.07) is 0. The van der Waals surface area contributed by atoms with Crippen LogP contribution in [0, 0.1) is 23.7 Å². The maximum atomic E-state index is 12.5. The molecule has 0 aromatic carbocycles. The van der Waals surface area contributed by atoms with E-state index in [1.54, 1.807) is 0 Å². The zero-order valence-electron chi connectivity index (χ0n) is 16.5. The van der Waals surface area contributed by atoms with Gasteiger partial charge in [0.05, 0.1) is 11.8 Å². The molecule has 0 aromatic heterocycles. The predicted octanol–water partition coefficient (Wildman–Crippen LogP) is 0.358. The zero-order valence-corrected chi connectivity index (χ0v) is 16.5. The quantitative estimate of drug-likeness (QED) is 0.442. The highest BCUT2D eigenvalue weighted by atomic mass is 16.2. The highest BCUT2D eigenvalue weighted by molar-refractivity contribution is 5.88. The van der Waals surface area contributed by atoms with E-state index in [9.17, 15) is 19.2 Å². The van der Waals surface area contributed by atoms with Gasteiger partial charge in [0, 0.05) is 24.9 Å². The summed E-state index contributed by atoms with van der Waals surface area (Å²) in [6.45, 7) is 2.76. The van der Waals surface area contributed by atoms with Gasteiger partial charge in [0.15, 0.2) is 0 Å². The lowest BCUT2D eigenvalue weighted by Crippen LogP contribution is -2.43. The van der Waals surface area contributed by atoms with Crippen molar-refractivity contribution in [1.82, 2.24) is 10.6 Å². The lowest BCUT2D eigenvalue weighted by Gasteiger charge is -2.29. The minimum Gasteiger partial charge on any atom is -0.369 e. The Balaban J connectivity index is 1.89. The molecule has 8 nitrogen and oxygen atoms in total. The number of amides is 4. The fourth-order valence-corrected chi connectivity index (χ4v) is 4.33. The molecule has 2 aliphatic carbocycles. The third-order valence-corrected chi connectivity index (χ3v) is 5.90. The Morgan fingerprint density at radius 1 is 0.929 bits per heavy atom. The Hall–Kier alpha value is -2.38. The van der Waals surface area contributed by atoms with Crippen molar-refractivity contribution in [3.8, 4) is 0 Å². The Kier molecular flexibility index (Phi) is 8.02. The van der Waals surface area contributed by atoms with E-state index in [2.05, 4.69) is 10.6 Å². The number of hydrogen-bond donors (Lipinski definition) is 4. The minimum atomic E-state index is -0.497. The summed E-state index contributed by atoms with van der Waals surface area (Å²) in [5, 5.41) is 5.67. The van der Waals surface area contributed by atoms with Crippen molar-refractivity contribution >= 4 is 23.6 Å². The predicted molar refractivity (Wildman–Crippen MR) is 104 cm³/mol. The van der Waals surface area contributed by atoms with Crippen LogP contribution in [-0.4, -0.2) is 36.7 Å². The molecule has 0 aromatic rings. The molecule has 2 aliphatic rings. The second-order valence-corrected chi connectivity index (χ2v) is 7.75.